The van der Waals surface area contributed by atoms with Gasteiger partial charge in [0.2, 0.25) is 11.7 Å². The van der Waals surface area contributed by atoms with Gasteiger partial charge in [-0.2, -0.15) is 4.98 Å². The lowest BCUT2D eigenvalue weighted by Crippen LogP contribution is -2.15. The van der Waals surface area contributed by atoms with Crippen molar-refractivity contribution in [3.8, 4) is 11.4 Å². The second-order valence-corrected chi connectivity index (χ2v) is 4.61. The van der Waals surface area contributed by atoms with Crippen LogP contribution >= 0.6 is 0 Å². The van der Waals surface area contributed by atoms with Crippen LogP contribution in [0.3, 0.4) is 0 Å². The molecule has 2 atom stereocenters. The SMILES string of the molecule is O=[N+]([O-])c1ccc(-c2noc([C@H]3C[C@H](O)CN3)n2)cc1. The minimum Gasteiger partial charge on any atom is -0.392 e. The van der Waals surface area contributed by atoms with E-state index >= 15 is 0 Å². The summed E-state index contributed by atoms with van der Waals surface area (Å²) in [6, 6.07) is 5.78. The van der Waals surface area contributed by atoms with Gasteiger partial charge in [0.15, 0.2) is 0 Å². The molecule has 1 aliphatic heterocycles. The molecule has 8 nitrogen and oxygen atoms in total. The van der Waals surface area contributed by atoms with Gasteiger partial charge in [0, 0.05) is 24.2 Å². The summed E-state index contributed by atoms with van der Waals surface area (Å²) in [5.74, 6) is 0.785. The van der Waals surface area contributed by atoms with Crippen molar-refractivity contribution < 1.29 is 14.6 Å². The number of rotatable bonds is 3. The molecule has 104 valence electrons. The van der Waals surface area contributed by atoms with Gasteiger partial charge in [-0.3, -0.25) is 10.1 Å². The number of aromatic nitrogens is 2. The number of non-ortho nitro benzene ring substituents is 1. The van der Waals surface area contributed by atoms with E-state index in [4.69, 9.17) is 4.52 Å². The zero-order valence-electron chi connectivity index (χ0n) is 10.4. The van der Waals surface area contributed by atoms with Gasteiger partial charge in [0.25, 0.3) is 5.69 Å². The molecule has 1 aliphatic rings. The van der Waals surface area contributed by atoms with Crippen LogP contribution in [-0.2, 0) is 0 Å². The van der Waals surface area contributed by atoms with Gasteiger partial charge in [-0.1, -0.05) is 5.16 Å². The molecule has 0 radical (unpaired) electrons. The molecule has 1 aromatic heterocycles. The predicted octanol–water partition coefficient (Wildman–Crippen LogP) is 1.04. The molecule has 3 rings (SSSR count). The molecule has 0 unspecified atom stereocenters. The van der Waals surface area contributed by atoms with Gasteiger partial charge in [-0.25, -0.2) is 0 Å². The van der Waals surface area contributed by atoms with Gasteiger partial charge in [0.1, 0.15) is 0 Å². The lowest BCUT2D eigenvalue weighted by Gasteiger charge is -2.01. The zero-order valence-corrected chi connectivity index (χ0v) is 10.4. The van der Waals surface area contributed by atoms with E-state index in [0.29, 0.717) is 30.2 Å². The maximum absolute atomic E-state index is 10.6. The number of nitrogens with zero attached hydrogens (tertiary/aromatic N) is 3. The molecule has 1 saturated heterocycles. The molecule has 0 spiro atoms. The van der Waals surface area contributed by atoms with Crippen molar-refractivity contribution in [3.05, 3.63) is 40.3 Å². The van der Waals surface area contributed by atoms with E-state index in [2.05, 4.69) is 15.5 Å². The van der Waals surface area contributed by atoms with Crippen LogP contribution in [0.25, 0.3) is 11.4 Å². The Balaban J connectivity index is 1.81. The van der Waals surface area contributed by atoms with Crippen molar-refractivity contribution in [3.63, 3.8) is 0 Å². The highest BCUT2D eigenvalue weighted by molar-refractivity contribution is 5.56. The third-order valence-corrected chi connectivity index (χ3v) is 3.18. The normalized spacial score (nSPS) is 22.1. The Kier molecular flexibility index (Phi) is 3.17. The van der Waals surface area contributed by atoms with Crippen molar-refractivity contribution in [1.82, 2.24) is 15.5 Å². The first-order chi connectivity index (χ1) is 9.63. The van der Waals surface area contributed by atoms with Gasteiger partial charge < -0.3 is 14.9 Å². The van der Waals surface area contributed by atoms with E-state index in [-0.39, 0.29) is 11.7 Å². The minimum atomic E-state index is -0.463. The lowest BCUT2D eigenvalue weighted by atomic mass is 10.2. The van der Waals surface area contributed by atoms with Crippen LogP contribution in [0.4, 0.5) is 5.69 Å². The highest BCUT2D eigenvalue weighted by Crippen LogP contribution is 2.25. The summed E-state index contributed by atoms with van der Waals surface area (Å²) in [4.78, 5) is 14.4. The first kappa shape index (κ1) is 12.7. The zero-order chi connectivity index (χ0) is 14.1. The summed E-state index contributed by atoms with van der Waals surface area (Å²) in [5.41, 5.74) is 0.655. The van der Waals surface area contributed by atoms with E-state index in [0.717, 1.165) is 0 Å². The fourth-order valence-corrected chi connectivity index (χ4v) is 2.13. The molecular weight excluding hydrogens is 264 g/mol. The molecule has 0 bridgehead atoms. The van der Waals surface area contributed by atoms with Crippen molar-refractivity contribution in [2.24, 2.45) is 0 Å². The number of aliphatic hydroxyl groups is 1. The van der Waals surface area contributed by atoms with Crippen LogP contribution in [0.15, 0.2) is 28.8 Å². The van der Waals surface area contributed by atoms with Gasteiger partial charge in [0.05, 0.1) is 17.1 Å². The molecule has 1 fully saturated rings. The van der Waals surface area contributed by atoms with Crippen LogP contribution in [0.5, 0.6) is 0 Å². The molecule has 0 amide bonds. The Morgan fingerprint density at radius 1 is 1.40 bits per heavy atom. The molecule has 8 heteroatoms. The number of nitro benzene ring substituents is 1. The maximum Gasteiger partial charge on any atom is 0.269 e. The standard InChI is InChI=1S/C12H12N4O4/c17-9-5-10(13-6-9)12-14-11(15-20-12)7-1-3-8(4-2-7)16(18)19/h1-4,9-10,13,17H,5-6H2/t9-,10+/m0/s1. The summed E-state index contributed by atoms with van der Waals surface area (Å²) in [7, 11) is 0. The number of aliphatic hydroxyl groups excluding tert-OH is 1. The monoisotopic (exact) mass is 276 g/mol. The van der Waals surface area contributed by atoms with E-state index in [1.807, 2.05) is 0 Å². The van der Waals surface area contributed by atoms with E-state index in [9.17, 15) is 15.2 Å². The summed E-state index contributed by atoms with van der Waals surface area (Å²) < 4.78 is 5.16. The minimum absolute atomic E-state index is 0.0121. The molecule has 0 aliphatic carbocycles. The second-order valence-electron chi connectivity index (χ2n) is 4.61. The van der Waals surface area contributed by atoms with Crippen molar-refractivity contribution >= 4 is 5.69 Å². The molecular formula is C12H12N4O4. The summed E-state index contributed by atoms with van der Waals surface area (Å²) >= 11 is 0. The maximum atomic E-state index is 10.6. The summed E-state index contributed by atoms with van der Waals surface area (Å²) in [5, 5.41) is 27.0. The average Bonchev–Trinajstić information content (AvgIpc) is 3.07. The number of nitro groups is 1. The summed E-state index contributed by atoms with van der Waals surface area (Å²) in [6.45, 7) is 0.500. The van der Waals surface area contributed by atoms with Crippen molar-refractivity contribution in [2.45, 2.75) is 18.6 Å². The Hall–Kier alpha value is -2.32. The van der Waals surface area contributed by atoms with E-state index in [1.165, 1.54) is 12.1 Å². The van der Waals surface area contributed by atoms with Crippen molar-refractivity contribution in [1.29, 1.82) is 0 Å². The molecule has 2 aromatic rings. The lowest BCUT2D eigenvalue weighted by molar-refractivity contribution is -0.384. The Labute approximate surface area is 113 Å². The van der Waals surface area contributed by atoms with Crippen LogP contribution in [0, 0.1) is 10.1 Å². The van der Waals surface area contributed by atoms with Crippen LogP contribution in [-0.4, -0.2) is 32.8 Å². The molecule has 2 heterocycles. The Morgan fingerprint density at radius 2 is 2.15 bits per heavy atom. The Morgan fingerprint density at radius 3 is 2.75 bits per heavy atom. The fourth-order valence-electron chi connectivity index (χ4n) is 2.13. The highest BCUT2D eigenvalue weighted by atomic mass is 16.6. The third-order valence-electron chi connectivity index (χ3n) is 3.18. The highest BCUT2D eigenvalue weighted by Gasteiger charge is 2.28. The number of hydrogen-bond donors (Lipinski definition) is 2. The Bertz CT molecular complexity index is 625. The quantitative estimate of drug-likeness (QED) is 0.635. The first-order valence-corrected chi connectivity index (χ1v) is 6.13. The molecule has 1 aromatic carbocycles. The predicted molar refractivity (Wildman–Crippen MR) is 67.8 cm³/mol. The van der Waals surface area contributed by atoms with E-state index in [1.54, 1.807) is 12.1 Å². The third kappa shape index (κ3) is 2.38. The van der Waals surface area contributed by atoms with E-state index < -0.39 is 11.0 Å². The van der Waals surface area contributed by atoms with Crippen molar-refractivity contribution in [2.75, 3.05) is 6.54 Å². The number of β-amino-alcohol motifs (C(OH)–C–C–N with tert-alkyl or cyclic N) is 1. The van der Waals surface area contributed by atoms with Gasteiger partial charge >= 0.3 is 0 Å². The first-order valence-electron chi connectivity index (χ1n) is 6.13. The topological polar surface area (TPSA) is 114 Å². The molecule has 0 saturated carbocycles. The average molecular weight is 276 g/mol. The number of nitrogens with one attached hydrogen (secondary N) is 1. The van der Waals surface area contributed by atoms with Crippen LogP contribution in [0.2, 0.25) is 0 Å². The largest absolute Gasteiger partial charge is 0.392 e. The van der Waals surface area contributed by atoms with Gasteiger partial charge in [-0.05, 0) is 18.6 Å². The molecule has 20 heavy (non-hydrogen) atoms. The van der Waals surface area contributed by atoms with Crippen LogP contribution in [0.1, 0.15) is 18.4 Å². The second kappa shape index (κ2) is 4.99. The number of benzene rings is 1. The van der Waals surface area contributed by atoms with Gasteiger partial charge in [-0.15, -0.1) is 0 Å². The summed E-state index contributed by atoms with van der Waals surface area (Å²) in [6.07, 6.45) is 0.122. The smallest absolute Gasteiger partial charge is 0.269 e. The van der Waals surface area contributed by atoms with Crippen LogP contribution < -0.4 is 5.32 Å². The fraction of sp³-hybridized carbons (Fsp3) is 0.333. The molecule has 2 N–H and O–H groups in total. The number of hydrogen-bond acceptors (Lipinski definition) is 7.